The summed E-state index contributed by atoms with van der Waals surface area (Å²) in [6, 6.07) is 8.09. The van der Waals surface area contributed by atoms with Gasteiger partial charge in [-0.05, 0) is 41.9 Å². The molecule has 28 heavy (non-hydrogen) atoms. The van der Waals surface area contributed by atoms with Crippen molar-refractivity contribution in [3.05, 3.63) is 53.3 Å². The fourth-order valence-corrected chi connectivity index (χ4v) is 3.58. The summed E-state index contributed by atoms with van der Waals surface area (Å²) in [6.07, 6.45) is 5.78. The highest BCUT2D eigenvalue weighted by Crippen LogP contribution is 2.32. The number of aromatic nitrogens is 1. The Morgan fingerprint density at radius 2 is 1.89 bits per heavy atom. The van der Waals surface area contributed by atoms with E-state index in [1.165, 1.54) is 0 Å². The van der Waals surface area contributed by atoms with Gasteiger partial charge in [0.2, 0.25) is 0 Å². The van der Waals surface area contributed by atoms with Crippen LogP contribution in [-0.2, 0) is 4.74 Å². The second-order valence-corrected chi connectivity index (χ2v) is 8.05. The third kappa shape index (κ3) is 4.90. The smallest absolute Gasteiger partial charge is 0.257 e. The van der Waals surface area contributed by atoms with Gasteiger partial charge in [0.25, 0.3) is 5.91 Å². The average Bonchev–Trinajstić information content (AvgIpc) is 3.20. The fraction of sp³-hybridized carbons (Fsp3) is 0.478. The Morgan fingerprint density at radius 3 is 2.50 bits per heavy atom. The van der Waals surface area contributed by atoms with Gasteiger partial charge in [-0.3, -0.25) is 9.78 Å². The van der Waals surface area contributed by atoms with Crippen molar-refractivity contribution in [1.29, 1.82) is 0 Å². The molecule has 5 heteroatoms. The van der Waals surface area contributed by atoms with Crippen LogP contribution in [0.3, 0.4) is 0 Å². The molecule has 1 aromatic carbocycles. The third-order valence-corrected chi connectivity index (χ3v) is 5.17. The lowest BCUT2D eigenvalue weighted by atomic mass is 9.92. The van der Waals surface area contributed by atoms with Crippen LogP contribution in [0.25, 0.3) is 0 Å². The minimum Gasteiger partial charge on any atom is -0.381 e. The number of hydrogen-bond acceptors (Lipinski definition) is 4. The monoisotopic (exact) mass is 381 g/mol. The maximum absolute atomic E-state index is 13.0. The van der Waals surface area contributed by atoms with E-state index in [1.807, 2.05) is 6.07 Å². The van der Waals surface area contributed by atoms with E-state index in [4.69, 9.17) is 4.74 Å². The number of pyridine rings is 1. The Labute approximate surface area is 167 Å². The van der Waals surface area contributed by atoms with Gasteiger partial charge >= 0.3 is 0 Å². The van der Waals surface area contributed by atoms with E-state index in [2.05, 4.69) is 61.5 Å². The molecule has 1 aromatic heterocycles. The van der Waals surface area contributed by atoms with Crippen LogP contribution in [0.2, 0.25) is 0 Å². The number of ether oxygens (including phenoxy) is 1. The molecule has 3 rings (SSSR count). The first-order valence-corrected chi connectivity index (χ1v) is 10.2. The van der Waals surface area contributed by atoms with Crippen LogP contribution in [0.15, 0.2) is 36.7 Å². The zero-order chi connectivity index (χ0) is 20.1. The Morgan fingerprint density at radius 1 is 1.18 bits per heavy atom. The van der Waals surface area contributed by atoms with Crippen LogP contribution in [-0.4, -0.2) is 30.1 Å². The number of hydrogen-bond donors (Lipinski definition) is 2. The SMILES string of the molecule is CC(C)c1cccc(C(C)C)c1NC(=O)c1cncc(NCC2CCCO2)c1. The minimum atomic E-state index is -0.136. The second kappa shape index (κ2) is 9.20. The van der Waals surface area contributed by atoms with Gasteiger partial charge in [-0.25, -0.2) is 0 Å². The number of anilines is 2. The molecule has 0 saturated carbocycles. The van der Waals surface area contributed by atoms with Crippen LogP contribution in [0.4, 0.5) is 11.4 Å². The molecule has 1 aliphatic heterocycles. The van der Waals surface area contributed by atoms with E-state index in [0.717, 1.165) is 48.5 Å². The predicted molar refractivity (Wildman–Crippen MR) is 114 cm³/mol. The summed E-state index contributed by atoms with van der Waals surface area (Å²) in [6.45, 7) is 10.2. The van der Waals surface area contributed by atoms with Gasteiger partial charge in [0.05, 0.1) is 17.4 Å². The first kappa shape index (κ1) is 20.3. The number of benzene rings is 1. The van der Waals surface area contributed by atoms with E-state index in [-0.39, 0.29) is 12.0 Å². The largest absolute Gasteiger partial charge is 0.381 e. The summed E-state index contributed by atoms with van der Waals surface area (Å²) in [5.74, 6) is 0.515. The number of carbonyl (C=O) groups excluding carboxylic acids is 1. The zero-order valence-corrected chi connectivity index (χ0v) is 17.3. The topological polar surface area (TPSA) is 63.2 Å². The lowest BCUT2D eigenvalue weighted by Crippen LogP contribution is -2.19. The quantitative estimate of drug-likeness (QED) is 0.694. The Kier molecular flexibility index (Phi) is 6.68. The van der Waals surface area contributed by atoms with Crippen LogP contribution < -0.4 is 10.6 Å². The molecule has 0 spiro atoms. The molecule has 0 bridgehead atoms. The standard InChI is InChI=1S/C23H31N3O2/c1-15(2)20-8-5-9-21(16(3)4)22(20)26-23(27)17-11-18(13-24-12-17)25-14-19-7-6-10-28-19/h5,8-9,11-13,15-16,19,25H,6-7,10,14H2,1-4H3,(H,26,27). The van der Waals surface area contributed by atoms with Crippen molar-refractivity contribution >= 4 is 17.3 Å². The maximum Gasteiger partial charge on any atom is 0.257 e. The number of para-hydroxylation sites is 1. The number of nitrogens with one attached hydrogen (secondary N) is 2. The van der Waals surface area contributed by atoms with E-state index in [1.54, 1.807) is 12.4 Å². The summed E-state index contributed by atoms with van der Waals surface area (Å²) in [4.78, 5) is 17.2. The van der Waals surface area contributed by atoms with Gasteiger partial charge < -0.3 is 15.4 Å². The summed E-state index contributed by atoms with van der Waals surface area (Å²) in [5, 5.41) is 6.49. The van der Waals surface area contributed by atoms with Gasteiger partial charge in [-0.2, -0.15) is 0 Å². The first-order valence-electron chi connectivity index (χ1n) is 10.2. The molecule has 1 fully saturated rings. The van der Waals surface area contributed by atoms with Crippen molar-refractivity contribution in [3.63, 3.8) is 0 Å². The molecular weight excluding hydrogens is 350 g/mol. The highest BCUT2D eigenvalue weighted by atomic mass is 16.5. The Bertz CT molecular complexity index is 785. The van der Waals surface area contributed by atoms with E-state index in [0.29, 0.717) is 17.4 Å². The lowest BCUT2D eigenvalue weighted by molar-refractivity contribution is 0.102. The minimum absolute atomic E-state index is 0.136. The highest BCUT2D eigenvalue weighted by molar-refractivity contribution is 6.05. The number of nitrogens with zero attached hydrogens (tertiary/aromatic N) is 1. The molecule has 0 radical (unpaired) electrons. The van der Waals surface area contributed by atoms with Gasteiger partial charge in [0, 0.05) is 31.2 Å². The number of rotatable bonds is 7. The normalized spacial score (nSPS) is 16.6. The number of amides is 1. The summed E-state index contributed by atoms with van der Waals surface area (Å²) in [5.41, 5.74) is 4.62. The average molecular weight is 382 g/mol. The second-order valence-electron chi connectivity index (χ2n) is 8.05. The number of carbonyl (C=O) groups is 1. The van der Waals surface area contributed by atoms with Crippen molar-refractivity contribution in [3.8, 4) is 0 Å². The molecule has 1 unspecified atom stereocenters. The Balaban J connectivity index is 1.77. The summed E-state index contributed by atoms with van der Waals surface area (Å²) < 4.78 is 5.64. The van der Waals surface area contributed by atoms with Crippen LogP contribution >= 0.6 is 0 Å². The Hall–Kier alpha value is -2.40. The molecule has 2 heterocycles. The molecule has 1 amide bonds. The van der Waals surface area contributed by atoms with Gasteiger partial charge in [0.15, 0.2) is 0 Å². The molecule has 1 atom stereocenters. The van der Waals surface area contributed by atoms with Crippen LogP contribution in [0.5, 0.6) is 0 Å². The predicted octanol–water partition coefficient (Wildman–Crippen LogP) is 5.17. The van der Waals surface area contributed by atoms with E-state index < -0.39 is 0 Å². The lowest BCUT2D eigenvalue weighted by Gasteiger charge is -2.20. The van der Waals surface area contributed by atoms with Crippen LogP contribution in [0.1, 0.15) is 73.9 Å². The molecule has 1 saturated heterocycles. The molecule has 2 aromatic rings. The fourth-order valence-electron chi connectivity index (χ4n) is 3.58. The van der Waals surface area contributed by atoms with Crippen molar-refractivity contribution < 1.29 is 9.53 Å². The molecule has 1 aliphatic rings. The molecule has 0 aliphatic carbocycles. The first-order chi connectivity index (χ1) is 13.5. The summed E-state index contributed by atoms with van der Waals surface area (Å²) >= 11 is 0. The maximum atomic E-state index is 13.0. The van der Waals surface area contributed by atoms with Gasteiger partial charge in [0.1, 0.15) is 0 Å². The van der Waals surface area contributed by atoms with Crippen molar-refractivity contribution in [2.24, 2.45) is 0 Å². The van der Waals surface area contributed by atoms with Crippen molar-refractivity contribution in [2.45, 2.75) is 58.5 Å². The van der Waals surface area contributed by atoms with Gasteiger partial charge in [-0.1, -0.05) is 45.9 Å². The summed E-state index contributed by atoms with van der Waals surface area (Å²) in [7, 11) is 0. The van der Waals surface area contributed by atoms with Crippen molar-refractivity contribution in [1.82, 2.24) is 4.98 Å². The molecular formula is C23H31N3O2. The van der Waals surface area contributed by atoms with E-state index in [9.17, 15) is 4.79 Å². The van der Waals surface area contributed by atoms with Gasteiger partial charge in [-0.15, -0.1) is 0 Å². The van der Waals surface area contributed by atoms with Crippen molar-refractivity contribution in [2.75, 3.05) is 23.8 Å². The highest BCUT2D eigenvalue weighted by Gasteiger charge is 2.18. The molecule has 5 nitrogen and oxygen atoms in total. The van der Waals surface area contributed by atoms with E-state index >= 15 is 0 Å². The molecule has 150 valence electrons. The van der Waals surface area contributed by atoms with Crippen LogP contribution in [0, 0.1) is 0 Å². The third-order valence-electron chi connectivity index (χ3n) is 5.17. The zero-order valence-electron chi connectivity index (χ0n) is 17.3. The molecule has 2 N–H and O–H groups in total.